The van der Waals surface area contributed by atoms with Gasteiger partial charge in [0.1, 0.15) is 11.3 Å². The molecule has 128 valence electrons. The van der Waals surface area contributed by atoms with E-state index < -0.39 is 11.9 Å². The Labute approximate surface area is 140 Å². The summed E-state index contributed by atoms with van der Waals surface area (Å²) in [6.45, 7) is 3.71. The Hall–Kier alpha value is -2.76. The molecule has 2 rings (SSSR count). The van der Waals surface area contributed by atoms with Gasteiger partial charge in [0.05, 0.1) is 19.3 Å². The van der Waals surface area contributed by atoms with Crippen LogP contribution < -0.4 is 4.74 Å². The minimum Gasteiger partial charge on any atom is -0.504 e. The van der Waals surface area contributed by atoms with Crippen molar-refractivity contribution in [3.05, 3.63) is 46.9 Å². The summed E-state index contributed by atoms with van der Waals surface area (Å²) in [5.41, 5.74) is 0.536. The van der Waals surface area contributed by atoms with Gasteiger partial charge in [-0.25, -0.2) is 9.59 Å². The Morgan fingerprint density at radius 1 is 1.25 bits per heavy atom. The second kappa shape index (κ2) is 7.68. The molecule has 0 amide bonds. The number of unbranched alkanes of at least 4 members (excludes halogenated alkanes) is 1. The van der Waals surface area contributed by atoms with Gasteiger partial charge in [-0.3, -0.25) is 0 Å². The zero-order chi connectivity index (χ0) is 17.7. The highest BCUT2D eigenvalue weighted by atomic mass is 16.6. The molecule has 1 heterocycles. The Morgan fingerprint density at radius 2 is 1.92 bits per heavy atom. The van der Waals surface area contributed by atoms with Crippen LogP contribution >= 0.6 is 0 Å². The van der Waals surface area contributed by atoms with Crippen molar-refractivity contribution in [3.8, 4) is 5.75 Å². The first-order valence-corrected chi connectivity index (χ1v) is 7.67. The highest BCUT2D eigenvalue weighted by Crippen LogP contribution is 2.34. The maximum absolute atomic E-state index is 12.1. The number of methoxy groups -OCH3 is 1. The van der Waals surface area contributed by atoms with Crippen molar-refractivity contribution in [2.45, 2.75) is 26.7 Å². The van der Waals surface area contributed by atoms with Crippen molar-refractivity contribution < 1.29 is 28.9 Å². The summed E-state index contributed by atoms with van der Waals surface area (Å²) in [4.78, 5) is 24.0. The highest BCUT2D eigenvalue weighted by molar-refractivity contribution is 6.21. The number of carbonyl (C=O) groups excluding carboxylic acids is 2. The van der Waals surface area contributed by atoms with Gasteiger partial charge in [0, 0.05) is 0 Å². The molecular weight excluding hydrogens is 312 g/mol. The summed E-state index contributed by atoms with van der Waals surface area (Å²) in [5, 5.41) is 10.3. The van der Waals surface area contributed by atoms with E-state index in [2.05, 4.69) is 0 Å². The molecule has 0 bridgehead atoms. The van der Waals surface area contributed by atoms with Gasteiger partial charge in [0.25, 0.3) is 0 Å². The molecule has 0 aromatic heterocycles. The molecule has 24 heavy (non-hydrogen) atoms. The fourth-order valence-electron chi connectivity index (χ4n) is 2.18. The number of aliphatic hydroxyl groups is 1. The SMILES string of the molecule is CCCCOC(=O)/C(C)=C1/OC(=O)C(c2ccc(OC)cc2)=C1O. The third-order valence-corrected chi connectivity index (χ3v) is 3.61. The van der Waals surface area contributed by atoms with Crippen molar-refractivity contribution in [3.63, 3.8) is 0 Å². The maximum atomic E-state index is 12.1. The third kappa shape index (κ3) is 3.59. The second-order valence-electron chi connectivity index (χ2n) is 5.29. The normalized spacial score (nSPS) is 16.0. The van der Waals surface area contributed by atoms with E-state index in [0.717, 1.165) is 12.8 Å². The monoisotopic (exact) mass is 332 g/mol. The van der Waals surface area contributed by atoms with Crippen LogP contribution in [-0.4, -0.2) is 30.8 Å². The number of cyclic esters (lactones) is 1. The molecule has 1 aromatic rings. The second-order valence-corrected chi connectivity index (χ2v) is 5.29. The van der Waals surface area contributed by atoms with Gasteiger partial charge in [-0.15, -0.1) is 0 Å². The molecule has 1 aromatic carbocycles. The molecule has 0 saturated heterocycles. The first kappa shape index (κ1) is 17.6. The number of rotatable bonds is 6. The first-order valence-electron chi connectivity index (χ1n) is 7.67. The van der Waals surface area contributed by atoms with Crippen LogP contribution in [0.5, 0.6) is 5.75 Å². The van der Waals surface area contributed by atoms with Gasteiger partial charge in [-0.05, 0) is 31.0 Å². The number of ether oxygens (including phenoxy) is 3. The average Bonchev–Trinajstić information content (AvgIpc) is 2.89. The summed E-state index contributed by atoms with van der Waals surface area (Å²) >= 11 is 0. The van der Waals surface area contributed by atoms with E-state index in [1.165, 1.54) is 14.0 Å². The zero-order valence-corrected chi connectivity index (χ0v) is 13.9. The van der Waals surface area contributed by atoms with Gasteiger partial charge in [-0.1, -0.05) is 25.5 Å². The molecule has 1 aliphatic rings. The summed E-state index contributed by atoms with van der Waals surface area (Å²) in [6.07, 6.45) is 1.64. The number of carbonyl (C=O) groups is 2. The predicted octanol–water partition coefficient (Wildman–Crippen LogP) is 3.14. The Morgan fingerprint density at radius 3 is 2.50 bits per heavy atom. The van der Waals surface area contributed by atoms with Crippen LogP contribution in [0.2, 0.25) is 0 Å². The van der Waals surface area contributed by atoms with Crippen molar-refractivity contribution >= 4 is 17.5 Å². The van der Waals surface area contributed by atoms with Crippen molar-refractivity contribution in [1.29, 1.82) is 0 Å². The van der Waals surface area contributed by atoms with Crippen LogP contribution in [-0.2, 0) is 19.1 Å². The molecule has 6 nitrogen and oxygen atoms in total. The van der Waals surface area contributed by atoms with Crippen LogP contribution in [0, 0.1) is 0 Å². The molecule has 6 heteroatoms. The average molecular weight is 332 g/mol. The predicted molar refractivity (Wildman–Crippen MR) is 87.2 cm³/mol. The lowest BCUT2D eigenvalue weighted by Crippen LogP contribution is -2.10. The minimum atomic E-state index is -0.714. The van der Waals surface area contributed by atoms with Crippen LogP contribution in [0.3, 0.4) is 0 Å². The lowest BCUT2D eigenvalue weighted by molar-refractivity contribution is -0.139. The van der Waals surface area contributed by atoms with Gasteiger partial charge in [0.2, 0.25) is 0 Å². The molecule has 0 aliphatic carbocycles. The van der Waals surface area contributed by atoms with E-state index in [0.29, 0.717) is 11.3 Å². The number of hydrogen-bond acceptors (Lipinski definition) is 6. The molecule has 0 atom stereocenters. The molecule has 0 unspecified atom stereocenters. The van der Waals surface area contributed by atoms with E-state index in [9.17, 15) is 14.7 Å². The molecule has 0 radical (unpaired) electrons. The summed E-state index contributed by atoms with van der Waals surface area (Å²) in [5.74, 6) is -1.23. The standard InChI is InChI=1S/C18H20O6/c1-4-5-10-23-17(20)11(2)16-15(19)14(18(21)24-16)12-6-8-13(22-3)9-7-12/h6-9,19H,4-5,10H2,1-3H3/b16-11+. The van der Waals surface area contributed by atoms with Crippen molar-refractivity contribution in [2.24, 2.45) is 0 Å². The van der Waals surface area contributed by atoms with E-state index in [1.54, 1.807) is 24.3 Å². The Balaban J connectivity index is 2.30. The van der Waals surface area contributed by atoms with Crippen LogP contribution in [0.25, 0.3) is 5.57 Å². The van der Waals surface area contributed by atoms with Crippen molar-refractivity contribution in [1.82, 2.24) is 0 Å². The zero-order valence-electron chi connectivity index (χ0n) is 13.9. The number of hydrogen-bond donors (Lipinski definition) is 1. The third-order valence-electron chi connectivity index (χ3n) is 3.61. The Bertz CT molecular complexity index is 697. The topological polar surface area (TPSA) is 82.1 Å². The first-order chi connectivity index (χ1) is 11.5. The van der Waals surface area contributed by atoms with Crippen LogP contribution in [0.4, 0.5) is 0 Å². The molecule has 1 N–H and O–H groups in total. The molecular formula is C18H20O6. The van der Waals surface area contributed by atoms with E-state index >= 15 is 0 Å². The van der Waals surface area contributed by atoms with Gasteiger partial charge in [0.15, 0.2) is 11.5 Å². The molecule has 0 spiro atoms. The maximum Gasteiger partial charge on any atom is 0.348 e. The molecule has 1 aliphatic heterocycles. The lowest BCUT2D eigenvalue weighted by atomic mass is 10.0. The quantitative estimate of drug-likeness (QED) is 0.489. The number of aliphatic hydroxyl groups excluding tert-OH is 1. The Kier molecular flexibility index (Phi) is 5.63. The smallest absolute Gasteiger partial charge is 0.348 e. The molecule has 0 saturated carbocycles. The van der Waals surface area contributed by atoms with Crippen LogP contribution in [0.1, 0.15) is 32.3 Å². The van der Waals surface area contributed by atoms with Gasteiger partial charge in [-0.2, -0.15) is 0 Å². The lowest BCUT2D eigenvalue weighted by Gasteiger charge is -2.06. The summed E-state index contributed by atoms with van der Waals surface area (Å²) in [6, 6.07) is 6.58. The summed E-state index contributed by atoms with van der Waals surface area (Å²) in [7, 11) is 1.53. The fourth-order valence-corrected chi connectivity index (χ4v) is 2.18. The number of esters is 2. The minimum absolute atomic E-state index is 0.00774. The molecule has 0 fully saturated rings. The van der Waals surface area contributed by atoms with E-state index in [4.69, 9.17) is 14.2 Å². The van der Waals surface area contributed by atoms with Gasteiger partial charge < -0.3 is 19.3 Å². The fraction of sp³-hybridized carbons (Fsp3) is 0.333. The van der Waals surface area contributed by atoms with E-state index in [-0.39, 0.29) is 29.3 Å². The van der Waals surface area contributed by atoms with Crippen LogP contribution in [0.15, 0.2) is 41.4 Å². The number of benzene rings is 1. The van der Waals surface area contributed by atoms with Crippen molar-refractivity contribution in [2.75, 3.05) is 13.7 Å². The largest absolute Gasteiger partial charge is 0.504 e. The highest BCUT2D eigenvalue weighted by Gasteiger charge is 2.34. The summed E-state index contributed by atoms with van der Waals surface area (Å²) < 4.78 is 15.2. The van der Waals surface area contributed by atoms with E-state index in [1.807, 2.05) is 6.92 Å². The van der Waals surface area contributed by atoms with Gasteiger partial charge >= 0.3 is 11.9 Å².